The van der Waals surface area contributed by atoms with Crippen LogP contribution in [0.1, 0.15) is 29.9 Å². The number of aromatic nitrogens is 1. The van der Waals surface area contributed by atoms with Gasteiger partial charge in [-0.05, 0) is 19.0 Å². The van der Waals surface area contributed by atoms with Crippen molar-refractivity contribution in [3.63, 3.8) is 0 Å². The van der Waals surface area contributed by atoms with E-state index in [1.54, 1.807) is 6.20 Å². The monoisotopic (exact) mass is 260 g/mol. The summed E-state index contributed by atoms with van der Waals surface area (Å²) in [5, 5.41) is 13.9. The molecule has 0 saturated carbocycles. The summed E-state index contributed by atoms with van der Waals surface area (Å²) in [4.78, 5) is 2.13. The predicted molar refractivity (Wildman–Crippen MR) is 73.6 cm³/mol. The molecule has 2 aromatic rings. The van der Waals surface area contributed by atoms with Crippen molar-refractivity contribution in [3.05, 3.63) is 53.4 Å². The first-order valence-electron chi connectivity index (χ1n) is 6.55. The van der Waals surface area contributed by atoms with E-state index in [9.17, 15) is 5.11 Å². The lowest BCUT2D eigenvalue weighted by molar-refractivity contribution is 0.106. The van der Waals surface area contributed by atoms with Crippen LogP contribution in [0.2, 0.25) is 0 Å². The van der Waals surface area contributed by atoms with Crippen molar-refractivity contribution >= 4 is 0 Å². The highest BCUT2D eigenvalue weighted by atomic mass is 16.5. The molecular formula is C15H20N2O2. The molecule has 0 fully saturated rings. The number of aryl methyl sites for hydroxylation is 1. The first kappa shape index (κ1) is 13.8. The smallest absolute Gasteiger partial charge is 0.150 e. The van der Waals surface area contributed by atoms with Crippen LogP contribution in [0, 0.1) is 6.92 Å². The number of hydrogen-bond acceptors (Lipinski definition) is 4. The average molecular weight is 260 g/mol. The largest absolute Gasteiger partial charge is 0.387 e. The molecular weight excluding hydrogens is 240 g/mol. The SMILES string of the molecule is CCN(Cc1ccno1)C[C@H](O)c1ccc(C)cc1. The van der Waals surface area contributed by atoms with Gasteiger partial charge in [0.15, 0.2) is 5.76 Å². The fourth-order valence-corrected chi connectivity index (χ4v) is 1.99. The van der Waals surface area contributed by atoms with Crippen molar-refractivity contribution in [2.45, 2.75) is 26.5 Å². The van der Waals surface area contributed by atoms with E-state index in [1.165, 1.54) is 5.56 Å². The second-order valence-corrected chi connectivity index (χ2v) is 4.73. The van der Waals surface area contributed by atoms with Crippen molar-refractivity contribution in [1.29, 1.82) is 0 Å². The summed E-state index contributed by atoms with van der Waals surface area (Å²) in [5.41, 5.74) is 2.14. The van der Waals surface area contributed by atoms with Crippen LogP contribution in [0.4, 0.5) is 0 Å². The van der Waals surface area contributed by atoms with E-state index in [0.717, 1.165) is 17.9 Å². The maximum atomic E-state index is 10.3. The van der Waals surface area contributed by atoms with Gasteiger partial charge in [0.05, 0.1) is 18.8 Å². The highest BCUT2D eigenvalue weighted by molar-refractivity contribution is 5.23. The van der Waals surface area contributed by atoms with Gasteiger partial charge in [-0.1, -0.05) is 41.9 Å². The van der Waals surface area contributed by atoms with E-state index >= 15 is 0 Å². The molecule has 0 spiro atoms. The molecule has 1 atom stereocenters. The fraction of sp³-hybridized carbons (Fsp3) is 0.400. The highest BCUT2D eigenvalue weighted by Crippen LogP contribution is 2.16. The zero-order valence-corrected chi connectivity index (χ0v) is 11.4. The van der Waals surface area contributed by atoms with Crippen molar-refractivity contribution in [2.24, 2.45) is 0 Å². The Labute approximate surface area is 113 Å². The van der Waals surface area contributed by atoms with Crippen LogP contribution in [0.5, 0.6) is 0 Å². The number of aliphatic hydroxyl groups is 1. The zero-order chi connectivity index (χ0) is 13.7. The molecule has 1 aromatic carbocycles. The molecule has 0 unspecified atom stereocenters. The van der Waals surface area contributed by atoms with Crippen molar-refractivity contribution in [3.8, 4) is 0 Å². The number of rotatable bonds is 6. The molecule has 19 heavy (non-hydrogen) atoms. The minimum Gasteiger partial charge on any atom is -0.387 e. The van der Waals surface area contributed by atoms with E-state index in [1.807, 2.05) is 37.3 Å². The molecule has 1 aromatic heterocycles. The van der Waals surface area contributed by atoms with E-state index in [0.29, 0.717) is 13.1 Å². The lowest BCUT2D eigenvalue weighted by atomic mass is 10.1. The first-order valence-corrected chi connectivity index (χ1v) is 6.55. The second kappa shape index (κ2) is 6.50. The van der Waals surface area contributed by atoms with Gasteiger partial charge >= 0.3 is 0 Å². The summed E-state index contributed by atoms with van der Waals surface area (Å²) >= 11 is 0. The molecule has 0 aliphatic heterocycles. The zero-order valence-electron chi connectivity index (χ0n) is 11.4. The number of benzene rings is 1. The normalized spacial score (nSPS) is 12.8. The summed E-state index contributed by atoms with van der Waals surface area (Å²) in [6, 6.07) is 9.84. The van der Waals surface area contributed by atoms with Gasteiger partial charge in [-0.25, -0.2) is 0 Å². The highest BCUT2D eigenvalue weighted by Gasteiger charge is 2.13. The van der Waals surface area contributed by atoms with E-state index < -0.39 is 6.10 Å². The van der Waals surface area contributed by atoms with Gasteiger partial charge in [0.2, 0.25) is 0 Å². The number of aliphatic hydroxyl groups excluding tert-OH is 1. The Balaban J connectivity index is 1.95. The van der Waals surface area contributed by atoms with Crippen molar-refractivity contribution < 1.29 is 9.63 Å². The first-order chi connectivity index (χ1) is 9.19. The molecule has 0 amide bonds. The third-order valence-electron chi connectivity index (χ3n) is 3.21. The van der Waals surface area contributed by atoms with Gasteiger partial charge in [0, 0.05) is 12.6 Å². The molecule has 1 heterocycles. The molecule has 1 N–H and O–H groups in total. The maximum absolute atomic E-state index is 10.3. The predicted octanol–water partition coefficient (Wildman–Crippen LogP) is 2.54. The third kappa shape index (κ3) is 3.91. The Kier molecular flexibility index (Phi) is 4.71. The van der Waals surface area contributed by atoms with Gasteiger partial charge in [-0.2, -0.15) is 0 Å². The minimum absolute atomic E-state index is 0.483. The Morgan fingerprint density at radius 2 is 2.00 bits per heavy atom. The quantitative estimate of drug-likeness (QED) is 0.867. The van der Waals surface area contributed by atoms with Crippen molar-refractivity contribution in [2.75, 3.05) is 13.1 Å². The Morgan fingerprint density at radius 1 is 1.26 bits per heavy atom. The van der Waals surface area contributed by atoms with Crippen LogP contribution in [0.3, 0.4) is 0 Å². The van der Waals surface area contributed by atoms with Gasteiger partial charge in [0.1, 0.15) is 0 Å². The van der Waals surface area contributed by atoms with Crippen LogP contribution in [0.25, 0.3) is 0 Å². The number of likely N-dealkylation sites (N-methyl/N-ethyl adjacent to an activating group) is 1. The van der Waals surface area contributed by atoms with Crippen LogP contribution in [-0.4, -0.2) is 28.3 Å². The third-order valence-corrected chi connectivity index (χ3v) is 3.21. The fourth-order valence-electron chi connectivity index (χ4n) is 1.99. The van der Waals surface area contributed by atoms with Crippen LogP contribution in [-0.2, 0) is 6.54 Å². The molecule has 0 bridgehead atoms. The van der Waals surface area contributed by atoms with E-state index in [2.05, 4.69) is 17.0 Å². The van der Waals surface area contributed by atoms with Crippen LogP contribution in [0.15, 0.2) is 41.1 Å². The molecule has 102 valence electrons. The molecule has 2 rings (SSSR count). The van der Waals surface area contributed by atoms with E-state index in [4.69, 9.17) is 4.52 Å². The van der Waals surface area contributed by atoms with Crippen LogP contribution >= 0.6 is 0 Å². The maximum Gasteiger partial charge on any atom is 0.150 e. The summed E-state index contributed by atoms with van der Waals surface area (Å²) in [6.45, 7) is 6.21. The summed E-state index contributed by atoms with van der Waals surface area (Å²) in [6.07, 6.45) is 1.16. The Morgan fingerprint density at radius 3 is 2.58 bits per heavy atom. The average Bonchev–Trinajstić information content (AvgIpc) is 2.91. The molecule has 4 nitrogen and oxygen atoms in total. The van der Waals surface area contributed by atoms with E-state index in [-0.39, 0.29) is 0 Å². The lowest BCUT2D eigenvalue weighted by Crippen LogP contribution is -2.28. The van der Waals surface area contributed by atoms with Gasteiger partial charge in [0.25, 0.3) is 0 Å². The van der Waals surface area contributed by atoms with Crippen molar-refractivity contribution in [1.82, 2.24) is 10.1 Å². The molecule has 0 aliphatic carbocycles. The Hall–Kier alpha value is -1.65. The molecule has 0 saturated heterocycles. The standard InChI is InChI=1S/C15H20N2O2/c1-3-17(10-14-8-9-16-19-14)11-15(18)13-6-4-12(2)5-7-13/h4-9,15,18H,3,10-11H2,1-2H3/t15-/m0/s1. The minimum atomic E-state index is -0.483. The lowest BCUT2D eigenvalue weighted by Gasteiger charge is -2.22. The van der Waals surface area contributed by atoms with Crippen LogP contribution < -0.4 is 0 Å². The summed E-state index contributed by atoms with van der Waals surface area (Å²) < 4.78 is 5.10. The number of nitrogens with zero attached hydrogens (tertiary/aromatic N) is 2. The Bertz CT molecular complexity index is 479. The number of hydrogen-bond donors (Lipinski definition) is 1. The molecule has 0 radical (unpaired) electrons. The topological polar surface area (TPSA) is 49.5 Å². The summed E-state index contributed by atoms with van der Waals surface area (Å²) in [5.74, 6) is 0.818. The second-order valence-electron chi connectivity index (χ2n) is 4.73. The van der Waals surface area contributed by atoms with Gasteiger partial charge < -0.3 is 9.63 Å². The van der Waals surface area contributed by atoms with Gasteiger partial charge in [-0.3, -0.25) is 4.90 Å². The summed E-state index contributed by atoms with van der Waals surface area (Å²) in [7, 11) is 0. The van der Waals surface area contributed by atoms with Gasteiger partial charge in [-0.15, -0.1) is 0 Å². The molecule has 4 heteroatoms. The molecule has 0 aliphatic rings.